The number of hydrogen-bond donors (Lipinski definition) is 1. The van der Waals surface area contributed by atoms with Gasteiger partial charge in [0.05, 0.1) is 28.5 Å². The lowest BCUT2D eigenvalue weighted by Crippen LogP contribution is -2.20. The van der Waals surface area contributed by atoms with Crippen molar-refractivity contribution in [3.8, 4) is 5.95 Å². The number of benzene rings is 2. The van der Waals surface area contributed by atoms with E-state index >= 15 is 0 Å². The first-order chi connectivity index (χ1) is 12.7. The Morgan fingerprint density at radius 3 is 2.69 bits per heavy atom. The molecule has 5 nitrogen and oxygen atoms in total. The molecular formula is C21H18N4O. The third-order valence-electron chi connectivity index (χ3n) is 5.17. The number of aryl methyl sites for hydroxylation is 1. The van der Waals surface area contributed by atoms with Crippen LogP contribution in [0.1, 0.15) is 39.5 Å². The molecule has 1 aliphatic rings. The molecule has 2 aromatic carbocycles. The molecule has 5 rings (SSSR count). The molecular weight excluding hydrogens is 324 g/mol. The number of hydrogen-bond acceptors (Lipinski definition) is 3. The lowest BCUT2D eigenvalue weighted by atomic mass is 9.82. The number of rotatable bonds is 2. The van der Waals surface area contributed by atoms with Crippen molar-refractivity contribution in [1.29, 1.82) is 0 Å². The highest BCUT2D eigenvalue weighted by Gasteiger charge is 2.30. The fraction of sp³-hybridized carbons (Fsp3) is 0.190. The molecule has 0 saturated carbocycles. The zero-order valence-electron chi connectivity index (χ0n) is 14.4. The van der Waals surface area contributed by atoms with E-state index in [-0.39, 0.29) is 11.7 Å². The summed E-state index contributed by atoms with van der Waals surface area (Å²) in [5, 5.41) is 4.46. The number of nitrogens with one attached hydrogen (secondary N) is 1. The lowest BCUT2D eigenvalue weighted by Gasteiger charge is -2.22. The minimum absolute atomic E-state index is 0.152. The smallest absolute Gasteiger partial charge is 0.229 e. The van der Waals surface area contributed by atoms with Gasteiger partial charge in [-0.15, -0.1) is 0 Å². The summed E-state index contributed by atoms with van der Waals surface area (Å²) in [6, 6.07) is 16.3. The van der Waals surface area contributed by atoms with Gasteiger partial charge in [-0.2, -0.15) is 5.10 Å². The maximum Gasteiger partial charge on any atom is 0.229 e. The maximum atomic E-state index is 12.7. The van der Waals surface area contributed by atoms with Crippen LogP contribution in [0.25, 0.3) is 17.0 Å². The number of Topliss-reactive ketones (excluding diaryl/α,β-unsaturated/α-hetero) is 1. The maximum absolute atomic E-state index is 12.7. The van der Waals surface area contributed by atoms with E-state index in [2.05, 4.69) is 46.3 Å². The van der Waals surface area contributed by atoms with Gasteiger partial charge in [-0.25, -0.2) is 9.67 Å². The topological polar surface area (TPSA) is 63.6 Å². The van der Waals surface area contributed by atoms with Crippen molar-refractivity contribution in [3.63, 3.8) is 0 Å². The lowest BCUT2D eigenvalue weighted by molar-refractivity contribution is 0.0963. The molecule has 1 N–H and O–H groups in total. The Bertz CT molecular complexity index is 1090. The summed E-state index contributed by atoms with van der Waals surface area (Å²) in [6.07, 6.45) is 2.99. The molecule has 128 valence electrons. The number of ketones is 1. The average Bonchev–Trinajstić information content (AvgIpc) is 3.26. The minimum atomic E-state index is 0.152. The van der Waals surface area contributed by atoms with E-state index in [0.717, 1.165) is 23.1 Å². The largest absolute Gasteiger partial charge is 0.322 e. The molecule has 1 aliphatic carbocycles. The standard InChI is InChI=1S/C21H18N4O/c1-13-6-8-14(9-7-13)15-10-19-16(20(26)11-15)12-22-25(19)21-23-17-4-2-3-5-18(17)24-21/h2-9,12,15H,10-11H2,1H3,(H,23,24)/t15-/m1/s1. The summed E-state index contributed by atoms with van der Waals surface area (Å²) in [5.74, 6) is 0.986. The molecule has 0 radical (unpaired) electrons. The first kappa shape index (κ1) is 15.1. The van der Waals surface area contributed by atoms with Gasteiger partial charge in [0.25, 0.3) is 0 Å². The van der Waals surface area contributed by atoms with Crippen LogP contribution in [0.3, 0.4) is 0 Å². The zero-order valence-corrected chi connectivity index (χ0v) is 14.4. The second-order valence-electron chi connectivity index (χ2n) is 6.93. The highest BCUT2D eigenvalue weighted by Crippen LogP contribution is 2.33. The van der Waals surface area contributed by atoms with Crippen molar-refractivity contribution in [3.05, 3.63) is 77.1 Å². The Labute approximate surface area is 150 Å². The van der Waals surface area contributed by atoms with Crippen LogP contribution in [0.15, 0.2) is 54.7 Å². The normalized spacial score (nSPS) is 16.8. The van der Waals surface area contributed by atoms with E-state index in [0.29, 0.717) is 17.9 Å². The molecule has 0 fully saturated rings. The van der Waals surface area contributed by atoms with Crippen LogP contribution >= 0.6 is 0 Å². The van der Waals surface area contributed by atoms with Crippen molar-refractivity contribution in [2.75, 3.05) is 0 Å². The summed E-state index contributed by atoms with van der Waals surface area (Å²) >= 11 is 0. The van der Waals surface area contributed by atoms with Crippen LogP contribution in [0.5, 0.6) is 0 Å². The fourth-order valence-electron chi connectivity index (χ4n) is 3.74. The molecule has 0 amide bonds. The van der Waals surface area contributed by atoms with Crippen molar-refractivity contribution in [2.45, 2.75) is 25.7 Å². The van der Waals surface area contributed by atoms with E-state index in [4.69, 9.17) is 0 Å². The van der Waals surface area contributed by atoms with Gasteiger partial charge in [-0.1, -0.05) is 42.0 Å². The fourth-order valence-corrected chi connectivity index (χ4v) is 3.74. The average molecular weight is 342 g/mol. The number of carbonyl (C=O) groups is 1. The first-order valence-corrected chi connectivity index (χ1v) is 8.81. The van der Waals surface area contributed by atoms with Crippen molar-refractivity contribution >= 4 is 16.8 Å². The second kappa shape index (κ2) is 5.66. The molecule has 2 aromatic heterocycles. The number of aromatic amines is 1. The number of aromatic nitrogens is 4. The van der Waals surface area contributed by atoms with Crippen LogP contribution in [0, 0.1) is 6.92 Å². The van der Waals surface area contributed by atoms with E-state index in [1.54, 1.807) is 10.9 Å². The second-order valence-corrected chi connectivity index (χ2v) is 6.93. The SMILES string of the molecule is Cc1ccc([C@H]2CC(=O)c3cnn(-c4nc5ccccc5[nH]4)c3C2)cc1. The summed E-state index contributed by atoms with van der Waals surface area (Å²) < 4.78 is 1.79. The van der Waals surface area contributed by atoms with Gasteiger partial charge in [-0.05, 0) is 37.0 Å². The van der Waals surface area contributed by atoms with Crippen LogP contribution in [-0.4, -0.2) is 25.5 Å². The molecule has 0 spiro atoms. The highest BCUT2D eigenvalue weighted by molar-refractivity contribution is 5.98. The van der Waals surface area contributed by atoms with E-state index in [1.165, 1.54) is 11.1 Å². The number of para-hydroxylation sites is 2. The van der Waals surface area contributed by atoms with Crippen LogP contribution in [0.4, 0.5) is 0 Å². The van der Waals surface area contributed by atoms with Crippen molar-refractivity contribution < 1.29 is 4.79 Å². The highest BCUT2D eigenvalue weighted by atomic mass is 16.1. The van der Waals surface area contributed by atoms with Gasteiger partial charge in [0, 0.05) is 6.42 Å². The van der Waals surface area contributed by atoms with Gasteiger partial charge in [-0.3, -0.25) is 4.79 Å². The molecule has 5 heteroatoms. The molecule has 4 aromatic rings. The van der Waals surface area contributed by atoms with E-state index < -0.39 is 0 Å². The van der Waals surface area contributed by atoms with Gasteiger partial charge in [0.15, 0.2) is 5.78 Å². The van der Waals surface area contributed by atoms with Crippen molar-refractivity contribution in [2.24, 2.45) is 0 Å². The third-order valence-corrected chi connectivity index (χ3v) is 5.17. The number of H-pyrrole nitrogens is 1. The summed E-state index contributed by atoms with van der Waals surface area (Å²) in [5.41, 5.74) is 5.93. The Balaban J connectivity index is 1.57. The van der Waals surface area contributed by atoms with Crippen molar-refractivity contribution in [1.82, 2.24) is 19.7 Å². The first-order valence-electron chi connectivity index (χ1n) is 8.81. The molecule has 1 atom stereocenters. The van der Waals surface area contributed by atoms with E-state index in [1.807, 2.05) is 24.3 Å². The summed E-state index contributed by atoms with van der Waals surface area (Å²) in [4.78, 5) is 20.6. The zero-order chi connectivity index (χ0) is 17.7. The quantitative estimate of drug-likeness (QED) is 0.599. The van der Waals surface area contributed by atoms with Gasteiger partial charge in [0.1, 0.15) is 0 Å². The monoisotopic (exact) mass is 342 g/mol. The summed E-state index contributed by atoms with van der Waals surface area (Å²) in [7, 11) is 0. The Hall–Kier alpha value is -3.21. The molecule has 0 bridgehead atoms. The van der Waals surface area contributed by atoms with E-state index in [9.17, 15) is 4.79 Å². The van der Waals surface area contributed by atoms with Gasteiger partial charge >= 0.3 is 0 Å². The van der Waals surface area contributed by atoms with Gasteiger partial charge < -0.3 is 4.98 Å². The Morgan fingerprint density at radius 2 is 1.88 bits per heavy atom. The van der Waals surface area contributed by atoms with Crippen LogP contribution in [0.2, 0.25) is 0 Å². The molecule has 0 saturated heterocycles. The molecule has 0 unspecified atom stereocenters. The minimum Gasteiger partial charge on any atom is -0.322 e. The predicted molar refractivity (Wildman–Crippen MR) is 99.8 cm³/mol. The number of nitrogens with zero attached hydrogens (tertiary/aromatic N) is 3. The number of imidazole rings is 1. The molecule has 2 heterocycles. The van der Waals surface area contributed by atoms with Gasteiger partial charge in [0.2, 0.25) is 5.95 Å². The Kier molecular flexibility index (Phi) is 3.28. The molecule has 26 heavy (non-hydrogen) atoms. The van der Waals surface area contributed by atoms with Crippen LogP contribution < -0.4 is 0 Å². The summed E-state index contributed by atoms with van der Waals surface area (Å²) in [6.45, 7) is 2.07. The van der Waals surface area contributed by atoms with Crippen LogP contribution in [-0.2, 0) is 6.42 Å². The predicted octanol–water partition coefficient (Wildman–Crippen LogP) is 3.97. The molecule has 0 aliphatic heterocycles. The third kappa shape index (κ3) is 2.36. The Morgan fingerprint density at radius 1 is 1.08 bits per heavy atom. The number of carbonyl (C=O) groups excluding carboxylic acids is 1. The number of fused-ring (bicyclic) bond motifs is 2.